The Hall–Kier alpha value is -3.95. The monoisotopic (exact) mass is 555 g/mol. The highest BCUT2D eigenvalue weighted by Gasteiger charge is 2.56. The molecule has 3 amide bonds. The number of amides is 3. The first-order valence-corrected chi connectivity index (χ1v) is 14.3. The maximum Gasteiger partial charge on any atom is 0.308 e. The van der Waals surface area contributed by atoms with Crippen LogP contribution in [0.2, 0.25) is 0 Å². The second kappa shape index (κ2) is 9.98. The fourth-order valence-electron chi connectivity index (χ4n) is 5.29. The van der Waals surface area contributed by atoms with E-state index >= 15 is 0 Å². The van der Waals surface area contributed by atoms with Gasteiger partial charge in [0.2, 0.25) is 17.7 Å². The number of thioether (sulfide) groups is 1. The number of aryl methyl sites for hydroxylation is 2. The molecule has 0 aliphatic carbocycles. The van der Waals surface area contributed by atoms with Gasteiger partial charge >= 0.3 is 4.87 Å². The Kier molecular flexibility index (Phi) is 6.48. The van der Waals surface area contributed by atoms with Crippen LogP contribution in [0.25, 0.3) is 0 Å². The number of fused-ring (bicyclic) bond motifs is 2. The summed E-state index contributed by atoms with van der Waals surface area (Å²) in [6.07, 6.45) is 0. The van der Waals surface area contributed by atoms with Crippen LogP contribution in [-0.2, 0) is 20.9 Å². The van der Waals surface area contributed by atoms with Crippen molar-refractivity contribution in [2.75, 3.05) is 10.2 Å². The molecule has 9 heteroatoms. The summed E-state index contributed by atoms with van der Waals surface area (Å²) in [6, 6.07) is 24.3. The molecular weight excluding hydrogens is 530 g/mol. The standard InChI is InChI=1S/C30H25N3O4S2/c1-17-11-13-21(14-12-17)33-27(35)24-23(19-8-4-3-5-9-19)26-29(38-25(24)28(33)36)32(30(37)39-26)16-22(34)31-20-10-6-7-18(2)15-20/h3-15,23-25H,16H2,1-2H3,(H,31,34). The molecule has 0 radical (unpaired) electrons. The highest BCUT2D eigenvalue weighted by Crippen LogP contribution is 2.53. The van der Waals surface area contributed by atoms with Crippen molar-refractivity contribution in [3.05, 3.63) is 110 Å². The van der Waals surface area contributed by atoms with Crippen molar-refractivity contribution < 1.29 is 14.4 Å². The molecule has 3 aromatic carbocycles. The molecule has 1 N–H and O–H groups in total. The van der Waals surface area contributed by atoms with E-state index in [0.717, 1.165) is 28.0 Å². The Balaban J connectivity index is 1.40. The number of benzene rings is 3. The fraction of sp³-hybridized carbons (Fsp3) is 0.200. The molecule has 7 nitrogen and oxygen atoms in total. The molecule has 1 saturated heterocycles. The molecule has 6 rings (SSSR count). The summed E-state index contributed by atoms with van der Waals surface area (Å²) in [5, 5.41) is 2.72. The Labute approximate surface area is 233 Å². The summed E-state index contributed by atoms with van der Waals surface area (Å²) >= 11 is 2.27. The smallest absolute Gasteiger partial charge is 0.308 e. The van der Waals surface area contributed by atoms with Gasteiger partial charge in [0.05, 0.1) is 16.6 Å². The van der Waals surface area contributed by atoms with Crippen molar-refractivity contribution in [1.29, 1.82) is 0 Å². The van der Waals surface area contributed by atoms with Crippen molar-refractivity contribution in [2.45, 2.75) is 36.6 Å². The summed E-state index contributed by atoms with van der Waals surface area (Å²) in [7, 11) is 0. The topological polar surface area (TPSA) is 88.5 Å². The Morgan fingerprint density at radius 3 is 2.33 bits per heavy atom. The number of thiazole rings is 1. The van der Waals surface area contributed by atoms with Gasteiger partial charge in [0.25, 0.3) is 0 Å². The molecule has 39 heavy (non-hydrogen) atoms. The second-order valence-electron chi connectivity index (χ2n) is 9.84. The quantitative estimate of drug-likeness (QED) is 0.352. The van der Waals surface area contributed by atoms with E-state index in [-0.39, 0.29) is 29.1 Å². The number of anilines is 2. The Morgan fingerprint density at radius 1 is 0.872 bits per heavy atom. The van der Waals surface area contributed by atoms with Gasteiger partial charge in [0.15, 0.2) is 0 Å². The fourth-order valence-corrected chi connectivity index (χ4v) is 8.06. The molecule has 0 saturated carbocycles. The maximum atomic E-state index is 13.9. The number of carbonyl (C=O) groups excluding carboxylic acids is 3. The van der Waals surface area contributed by atoms with Gasteiger partial charge in [-0.25, -0.2) is 4.90 Å². The maximum absolute atomic E-state index is 13.9. The first-order chi connectivity index (χ1) is 18.8. The van der Waals surface area contributed by atoms with Crippen molar-refractivity contribution in [3.8, 4) is 0 Å². The molecule has 2 aliphatic rings. The molecule has 3 unspecified atom stereocenters. The van der Waals surface area contributed by atoms with Gasteiger partial charge < -0.3 is 5.32 Å². The zero-order valence-electron chi connectivity index (χ0n) is 21.3. The minimum atomic E-state index is -0.711. The van der Waals surface area contributed by atoms with Crippen molar-refractivity contribution in [2.24, 2.45) is 5.92 Å². The van der Waals surface area contributed by atoms with Crippen LogP contribution < -0.4 is 15.1 Å². The number of rotatable bonds is 5. The molecule has 4 aromatic rings. The molecule has 196 valence electrons. The van der Waals surface area contributed by atoms with Crippen molar-refractivity contribution >= 4 is 52.2 Å². The lowest BCUT2D eigenvalue weighted by molar-refractivity contribution is -0.122. The lowest BCUT2D eigenvalue weighted by atomic mass is 9.83. The Morgan fingerprint density at radius 2 is 1.62 bits per heavy atom. The van der Waals surface area contributed by atoms with Gasteiger partial charge in [-0.05, 0) is 49.2 Å². The average Bonchev–Trinajstić information content (AvgIpc) is 3.36. The van der Waals surface area contributed by atoms with E-state index in [2.05, 4.69) is 5.32 Å². The van der Waals surface area contributed by atoms with E-state index in [1.165, 1.54) is 21.2 Å². The third-order valence-electron chi connectivity index (χ3n) is 7.10. The summed E-state index contributed by atoms with van der Waals surface area (Å²) in [5.74, 6) is -2.05. The number of nitrogens with zero attached hydrogens (tertiary/aromatic N) is 2. The van der Waals surface area contributed by atoms with Crippen LogP contribution in [0.3, 0.4) is 0 Å². The minimum absolute atomic E-state index is 0.186. The lowest BCUT2D eigenvalue weighted by Gasteiger charge is -2.30. The Bertz CT molecular complexity index is 1660. The highest BCUT2D eigenvalue weighted by atomic mass is 32.2. The number of imide groups is 1. The number of aromatic nitrogens is 1. The van der Waals surface area contributed by atoms with E-state index in [1.54, 1.807) is 18.2 Å². The van der Waals surface area contributed by atoms with Crippen LogP contribution in [0.15, 0.2) is 88.7 Å². The largest absolute Gasteiger partial charge is 0.325 e. The zero-order valence-corrected chi connectivity index (χ0v) is 22.9. The molecule has 0 spiro atoms. The van der Waals surface area contributed by atoms with Gasteiger partial charge in [-0.2, -0.15) is 0 Å². The average molecular weight is 556 g/mol. The van der Waals surface area contributed by atoms with Gasteiger partial charge in [-0.1, -0.05) is 83.3 Å². The van der Waals surface area contributed by atoms with Crippen LogP contribution >= 0.6 is 23.1 Å². The van der Waals surface area contributed by atoms with E-state index in [0.29, 0.717) is 21.3 Å². The van der Waals surface area contributed by atoms with Crippen LogP contribution in [0.4, 0.5) is 11.4 Å². The minimum Gasteiger partial charge on any atom is -0.325 e. The van der Waals surface area contributed by atoms with Crippen LogP contribution in [0, 0.1) is 19.8 Å². The van der Waals surface area contributed by atoms with Gasteiger partial charge in [-0.3, -0.25) is 23.7 Å². The van der Waals surface area contributed by atoms with E-state index < -0.39 is 17.1 Å². The molecular formula is C30H25N3O4S2. The van der Waals surface area contributed by atoms with Gasteiger partial charge in [-0.15, -0.1) is 0 Å². The van der Waals surface area contributed by atoms with Crippen LogP contribution in [0.1, 0.15) is 27.5 Å². The predicted molar refractivity (Wildman–Crippen MR) is 153 cm³/mol. The zero-order chi connectivity index (χ0) is 27.3. The van der Waals surface area contributed by atoms with Crippen molar-refractivity contribution in [3.63, 3.8) is 0 Å². The summed E-state index contributed by atoms with van der Waals surface area (Å²) in [4.78, 5) is 55.6. The molecule has 1 aromatic heterocycles. The van der Waals surface area contributed by atoms with Crippen LogP contribution in [-0.4, -0.2) is 27.5 Å². The third-order valence-corrected chi connectivity index (χ3v) is 9.71. The number of hydrogen-bond donors (Lipinski definition) is 1. The van der Waals surface area contributed by atoms with Gasteiger partial charge in [0.1, 0.15) is 11.8 Å². The molecule has 3 atom stereocenters. The molecule has 3 heterocycles. The number of nitrogens with one attached hydrogen (secondary N) is 1. The molecule has 2 aliphatic heterocycles. The summed E-state index contributed by atoms with van der Waals surface area (Å²) in [6.45, 7) is 3.70. The lowest BCUT2D eigenvalue weighted by Crippen LogP contribution is -2.33. The SMILES string of the molecule is Cc1ccc(N2C(=O)C3Sc4c(sc(=O)n4CC(=O)Nc4cccc(C)c4)C(c4ccccc4)C3C2=O)cc1. The highest BCUT2D eigenvalue weighted by molar-refractivity contribution is 8.00. The number of carbonyl (C=O) groups is 3. The predicted octanol–water partition coefficient (Wildman–Crippen LogP) is 4.96. The van der Waals surface area contributed by atoms with E-state index in [9.17, 15) is 19.2 Å². The summed E-state index contributed by atoms with van der Waals surface area (Å²) < 4.78 is 1.44. The summed E-state index contributed by atoms with van der Waals surface area (Å²) in [5.41, 5.74) is 4.08. The molecule has 1 fully saturated rings. The van der Waals surface area contributed by atoms with Crippen molar-refractivity contribution in [1.82, 2.24) is 4.57 Å². The number of hydrogen-bond acceptors (Lipinski definition) is 6. The second-order valence-corrected chi connectivity index (χ2v) is 12.0. The first kappa shape index (κ1) is 25.3. The van der Waals surface area contributed by atoms with Gasteiger partial charge in [0, 0.05) is 16.5 Å². The van der Waals surface area contributed by atoms with E-state index in [1.807, 2.05) is 74.5 Å². The van der Waals surface area contributed by atoms with Crippen LogP contribution in [0.5, 0.6) is 0 Å². The van der Waals surface area contributed by atoms with E-state index in [4.69, 9.17) is 0 Å². The normalized spacial score (nSPS) is 20.1. The molecule has 0 bridgehead atoms. The first-order valence-electron chi connectivity index (χ1n) is 12.6. The third kappa shape index (κ3) is 4.51.